The molecule has 0 aromatic carbocycles. The van der Waals surface area contributed by atoms with Gasteiger partial charge in [-0.05, 0) is 25.0 Å². The SMILES string of the molecule is C=C(C)C[NH2+]CC(=C)C. The van der Waals surface area contributed by atoms with Crippen molar-refractivity contribution < 1.29 is 5.32 Å². The van der Waals surface area contributed by atoms with Gasteiger partial charge in [-0.3, -0.25) is 0 Å². The van der Waals surface area contributed by atoms with E-state index >= 15 is 0 Å². The smallest absolute Gasteiger partial charge is 0.0969 e. The van der Waals surface area contributed by atoms with Crippen LogP contribution in [0.15, 0.2) is 24.3 Å². The van der Waals surface area contributed by atoms with Crippen molar-refractivity contribution in [3.05, 3.63) is 24.3 Å². The maximum Gasteiger partial charge on any atom is 0.0969 e. The summed E-state index contributed by atoms with van der Waals surface area (Å²) >= 11 is 0. The Hall–Kier alpha value is -0.560. The summed E-state index contributed by atoms with van der Waals surface area (Å²) < 4.78 is 0. The van der Waals surface area contributed by atoms with Crippen molar-refractivity contribution in [1.29, 1.82) is 0 Å². The predicted molar refractivity (Wildman–Crippen MR) is 41.3 cm³/mol. The van der Waals surface area contributed by atoms with E-state index < -0.39 is 0 Å². The van der Waals surface area contributed by atoms with E-state index in [4.69, 9.17) is 0 Å². The third kappa shape index (κ3) is 7.44. The van der Waals surface area contributed by atoms with Gasteiger partial charge in [-0.1, -0.05) is 13.2 Å². The molecular formula is C8H16N+. The van der Waals surface area contributed by atoms with Gasteiger partial charge in [0.15, 0.2) is 0 Å². The molecule has 0 fully saturated rings. The van der Waals surface area contributed by atoms with E-state index in [-0.39, 0.29) is 0 Å². The summed E-state index contributed by atoms with van der Waals surface area (Å²) in [7, 11) is 0. The summed E-state index contributed by atoms with van der Waals surface area (Å²) in [6.07, 6.45) is 0. The highest BCUT2D eigenvalue weighted by atomic mass is 14.8. The second-order valence-electron chi connectivity index (χ2n) is 2.61. The largest absolute Gasteiger partial charge is 0.339 e. The van der Waals surface area contributed by atoms with Crippen molar-refractivity contribution in [2.75, 3.05) is 13.1 Å². The Bertz CT molecular complexity index is 99.7. The summed E-state index contributed by atoms with van der Waals surface area (Å²) in [5.41, 5.74) is 2.44. The van der Waals surface area contributed by atoms with Crippen molar-refractivity contribution in [3.8, 4) is 0 Å². The molecule has 0 heterocycles. The lowest BCUT2D eigenvalue weighted by molar-refractivity contribution is -0.640. The van der Waals surface area contributed by atoms with Crippen LogP contribution in [0.1, 0.15) is 13.8 Å². The summed E-state index contributed by atoms with van der Waals surface area (Å²) in [5.74, 6) is 0. The van der Waals surface area contributed by atoms with Gasteiger partial charge >= 0.3 is 0 Å². The molecule has 0 aromatic heterocycles. The van der Waals surface area contributed by atoms with Crippen LogP contribution in [0.5, 0.6) is 0 Å². The number of quaternary nitrogens is 1. The molecule has 0 saturated carbocycles. The molecule has 52 valence electrons. The van der Waals surface area contributed by atoms with Gasteiger partial charge in [-0.2, -0.15) is 0 Å². The molecule has 9 heavy (non-hydrogen) atoms. The molecule has 0 saturated heterocycles. The molecule has 0 unspecified atom stereocenters. The Morgan fingerprint density at radius 2 is 1.44 bits per heavy atom. The van der Waals surface area contributed by atoms with Crippen LogP contribution in [-0.4, -0.2) is 13.1 Å². The topological polar surface area (TPSA) is 16.6 Å². The van der Waals surface area contributed by atoms with Crippen LogP contribution < -0.4 is 5.32 Å². The van der Waals surface area contributed by atoms with Crippen LogP contribution in [0.2, 0.25) is 0 Å². The van der Waals surface area contributed by atoms with E-state index in [0.29, 0.717) is 0 Å². The van der Waals surface area contributed by atoms with Crippen molar-refractivity contribution in [2.24, 2.45) is 0 Å². The van der Waals surface area contributed by atoms with Crippen molar-refractivity contribution in [2.45, 2.75) is 13.8 Å². The van der Waals surface area contributed by atoms with E-state index in [1.807, 2.05) is 13.8 Å². The first-order valence-electron chi connectivity index (χ1n) is 3.23. The first-order chi connectivity index (χ1) is 4.13. The maximum absolute atomic E-state index is 3.79. The summed E-state index contributed by atoms with van der Waals surface area (Å²) in [4.78, 5) is 0. The summed E-state index contributed by atoms with van der Waals surface area (Å²) in [5, 5.41) is 2.20. The van der Waals surface area contributed by atoms with Crippen LogP contribution >= 0.6 is 0 Å². The van der Waals surface area contributed by atoms with E-state index in [1.54, 1.807) is 0 Å². The fourth-order valence-electron chi connectivity index (χ4n) is 0.565. The quantitative estimate of drug-likeness (QED) is 0.534. The lowest BCUT2D eigenvalue weighted by Crippen LogP contribution is -2.84. The molecule has 0 aromatic rings. The van der Waals surface area contributed by atoms with E-state index in [0.717, 1.165) is 13.1 Å². The molecule has 0 rings (SSSR count). The van der Waals surface area contributed by atoms with Crippen molar-refractivity contribution in [1.82, 2.24) is 0 Å². The highest BCUT2D eigenvalue weighted by Gasteiger charge is 1.89. The molecule has 1 heteroatoms. The molecular weight excluding hydrogens is 110 g/mol. The van der Waals surface area contributed by atoms with Gasteiger partial charge in [0.1, 0.15) is 0 Å². The highest BCUT2D eigenvalue weighted by Crippen LogP contribution is 1.78. The molecule has 0 spiro atoms. The molecule has 0 aliphatic carbocycles. The lowest BCUT2D eigenvalue weighted by Gasteiger charge is -1.98. The number of nitrogens with two attached hydrogens (primary N) is 1. The van der Waals surface area contributed by atoms with Gasteiger partial charge in [0, 0.05) is 0 Å². The predicted octanol–water partition coefficient (Wildman–Crippen LogP) is 0.702. The van der Waals surface area contributed by atoms with Gasteiger partial charge in [-0.15, -0.1) is 0 Å². The van der Waals surface area contributed by atoms with Gasteiger partial charge in [0.05, 0.1) is 13.1 Å². The van der Waals surface area contributed by atoms with Gasteiger partial charge in [0.25, 0.3) is 0 Å². The number of rotatable bonds is 4. The maximum atomic E-state index is 3.79. The Balaban J connectivity index is 3.10. The highest BCUT2D eigenvalue weighted by molar-refractivity contribution is 4.89. The second kappa shape index (κ2) is 4.33. The molecule has 0 radical (unpaired) electrons. The summed E-state index contributed by atoms with van der Waals surface area (Å²) in [6, 6.07) is 0. The second-order valence-corrected chi connectivity index (χ2v) is 2.61. The van der Waals surface area contributed by atoms with Gasteiger partial charge < -0.3 is 5.32 Å². The van der Waals surface area contributed by atoms with Crippen LogP contribution in [0.4, 0.5) is 0 Å². The van der Waals surface area contributed by atoms with Crippen LogP contribution in [-0.2, 0) is 0 Å². The fourth-order valence-corrected chi connectivity index (χ4v) is 0.565. The normalized spacial score (nSPS) is 9.11. The minimum absolute atomic E-state index is 1.02. The van der Waals surface area contributed by atoms with Gasteiger partial charge in [-0.25, -0.2) is 0 Å². The number of hydrogen-bond acceptors (Lipinski definition) is 0. The first kappa shape index (κ1) is 8.44. The zero-order valence-corrected chi connectivity index (χ0v) is 6.41. The van der Waals surface area contributed by atoms with E-state index in [2.05, 4.69) is 18.5 Å². The minimum Gasteiger partial charge on any atom is -0.339 e. The number of hydrogen-bond donors (Lipinski definition) is 1. The molecule has 0 bridgehead atoms. The third-order valence-electron chi connectivity index (χ3n) is 0.986. The molecule has 0 aliphatic heterocycles. The molecule has 2 N–H and O–H groups in total. The molecule has 0 aliphatic rings. The standard InChI is InChI=1S/C8H15N/c1-7(2)5-9-6-8(3)4/h9H,1,3,5-6H2,2,4H3/p+1. The lowest BCUT2D eigenvalue weighted by atomic mass is 10.3. The average Bonchev–Trinajstić information content (AvgIpc) is 1.63. The fraction of sp³-hybridized carbons (Fsp3) is 0.500. The first-order valence-corrected chi connectivity index (χ1v) is 3.23. The zero-order valence-electron chi connectivity index (χ0n) is 6.41. The van der Waals surface area contributed by atoms with Crippen molar-refractivity contribution in [3.63, 3.8) is 0 Å². The Labute approximate surface area is 57.5 Å². The Morgan fingerprint density at radius 3 is 1.67 bits per heavy atom. The van der Waals surface area contributed by atoms with Crippen LogP contribution in [0.25, 0.3) is 0 Å². The van der Waals surface area contributed by atoms with Crippen molar-refractivity contribution >= 4 is 0 Å². The molecule has 0 atom stereocenters. The summed E-state index contributed by atoms with van der Waals surface area (Å²) in [6.45, 7) is 13.7. The molecule has 0 amide bonds. The van der Waals surface area contributed by atoms with Crippen LogP contribution in [0.3, 0.4) is 0 Å². The average molecular weight is 126 g/mol. The molecule has 1 nitrogen and oxygen atoms in total. The van der Waals surface area contributed by atoms with E-state index in [9.17, 15) is 0 Å². The zero-order chi connectivity index (χ0) is 7.28. The Kier molecular flexibility index (Phi) is 4.06. The monoisotopic (exact) mass is 126 g/mol. The Morgan fingerprint density at radius 1 is 1.11 bits per heavy atom. The van der Waals surface area contributed by atoms with E-state index in [1.165, 1.54) is 11.1 Å². The van der Waals surface area contributed by atoms with Crippen LogP contribution in [0, 0.1) is 0 Å². The van der Waals surface area contributed by atoms with Gasteiger partial charge in [0.2, 0.25) is 0 Å². The minimum atomic E-state index is 1.02. The third-order valence-corrected chi connectivity index (χ3v) is 0.986.